The lowest BCUT2D eigenvalue weighted by Crippen LogP contribution is -2.38. The maximum atomic E-state index is 12.9. The molecular formula is C18H17NO4. The van der Waals surface area contributed by atoms with Gasteiger partial charge in [0, 0.05) is 0 Å². The summed E-state index contributed by atoms with van der Waals surface area (Å²) in [6.45, 7) is 0. The van der Waals surface area contributed by atoms with Crippen LogP contribution in [0, 0.1) is 23.7 Å². The van der Waals surface area contributed by atoms with Crippen LogP contribution in [-0.2, 0) is 14.3 Å². The third kappa shape index (κ3) is 1.89. The summed E-state index contributed by atoms with van der Waals surface area (Å²) in [5, 5.41) is 0. The van der Waals surface area contributed by atoms with Gasteiger partial charge >= 0.3 is 5.97 Å². The van der Waals surface area contributed by atoms with Gasteiger partial charge in [-0.2, -0.15) is 0 Å². The van der Waals surface area contributed by atoms with Crippen LogP contribution in [0.3, 0.4) is 0 Å². The van der Waals surface area contributed by atoms with Crippen LogP contribution in [0.15, 0.2) is 36.4 Å². The number of allylic oxidation sites excluding steroid dienone is 2. The first-order valence-corrected chi connectivity index (χ1v) is 7.87. The van der Waals surface area contributed by atoms with E-state index in [1.54, 1.807) is 24.3 Å². The minimum absolute atomic E-state index is 0.136. The van der Waals surface area contributed by atoms with Gasteiger partial charge < -0.3 is 4.74 Å². The Morgan fingerprint density at radius 2 is 1.61 bits per heavy atom. The van der Waals surface area contributed by atoms with E-state index >= 15 is 0 Å². The van der Waals surface area contributed by atoms with Crippen molar-refractivity contribution >= 4 is 23.5 Å². The van der Waals surface area contributed by atoms with Gasteiger partial charge in [-0.05, 0) is 36.8 Å². The predicted octanol–water partition coefficient (Wildman–Crippen LogP) is 2.17. The van der Waals surface area contributed by atoms with Gasteiger partial charge in [0.15, 0.2) is 0 Å². The van der Waals surface area contributed by atoms with Crippen LogP contribution in [0.2, 0.25) is 0 Å². The van der Waals surface area contributed by atoms with Crippen molar-refractivity contribution in [2.24, 2.45) is 23.7 Å². The molecular weight excluding hydrogens is 294 g/mol. The number of fused-ring (bicyclic) bond motifs is 1. The monoisotopic (exact) mass is 311 g/mol. The van der Waals surface area contributed by atoms with Gasteiger partial charge in [0.25, 0.3) is 0 Å². The number of carbonyl (C=O) groups excluding carboxylic acids is 3. The normalized spacial score (nSPS) is 31.4. The number of amides is 2. The smallest absolute Gasteiger partial charge is 0.339 e. The van der Waals surface area contributed by atoms with Crippen molar-refractivity contribution in [3.63, 3.8) is 0 Å². The predicted molar refractivity (Wildman–Crippen MR) is 82.6 cm³/mol. The molecule has 1 aromatic rings. The van der Waals surface area contributed by atoms with Crippen LogP contribution in [-0.4, -0.2) is 24.9 Å². The molecule has 0 aromatic heterocycles. The van der Waals surface area contributed by atoms with E-state index in [1.807, 2.05) is 0 Å². The van der Waals surface area contributed by atoms with Gasteiger partial charge in [0.2, 0.25) is 11.8 Å². The fourth-order valence-corrected chi connectivity index (χ4v) is 4.26. The summed E-state index contributed by atoms with van der Waals surface area (Å²) in [7, 11) is 1.29. The molecule has 1 aromatic carbocycles. The van der Waals surface area contributed by atoms with Crippen LogP contribution < -0.4 is 4.90 Å². The number of imide groups is 1. The fraction of sp³-hybridized carbons (Fsp3) is 0.389. The number of hydrogen-bond acceptors (Lipinski definition) is 4. The number of nitrogens with zero attached hydrogens (tertiary/aromatic N) is 1. The van der Waals surface area contributed by atoms with E-state index in [0.717, 1.165) is 12.8 Å². The number of esters is 1. The van der Waals surface area contributed by atoms with Gasteiger partial charge in [-0.15, -0.1) is 0 Å². The van der Waals surface area contributed by atoms with E-state index in [9.17, 15) is 14.4 Å². The first-order valence-electron chi connectivity index (χ1n) is 7.87. The highest BCUT2D eigenvalue weighted by molar-refractivity contribution is 6.24. The molecule has 1 saturated carbocycles. The molecule has 5 heteroatoms. The van der Waals surface area contributed by atoms with Crippen molar-refractivity contribution in [2.75, 3.05) is 12.0 Å². The Balaban J connectivity index is 1.79. The molecule has 1 heterocycles. The molecule has 0 N–H and O–H groups in total. The third-order valence-corrected chi connectivity index (χ3v) is 5.31. The third-order valence-electron chi connectivity index (χ3n) is 5.31. The standard InChI is InChI=1S/C18H17NO4/c1-23-18(22)12-4-2-3-5-13(12)19-16(20)14-10-6-7-11(9-8-10)15(14)17(19)21/h2-7,10-11,14-15H,8-9H2,1H3/t10-,11-,14+,15+/m1/s1. The van der Waals surface area contributed by atoms with Gasteiger partial charge in [-0.3, -0.25) is 9.59 Å². The second-order valence-corrected chi connectivity index (χ2v) is 6.36. The van der Waals surface area contributed by atoms with Crippen molar-refractivity contribution < 1.29 is 19.1 Å². The lowest BCUT2D eigenvalue weighted by molar-refractivity contribution is -0.124. The molecule has 5 rings (SSSR count). The second-order valence-electron chi connectivity index (χ2n) is 6.36. The minimum atomic E-state index is -0.544. The molecule has 2 amide bonds. The van der Waals surface area contributed by atoms with Crippen LogP contribution in [0.1, 0.15) is 23.2 Å². The molecule has 4 atom stereocenters. The second kappa shape index (κ2) is 5.05. The summed E-state index contributed by atoms with van der Waals surface area (Å²) in [6, 6.07) is 6.63. The van der Waals surface area contributed by atoms with Crippen molar-refractivity contribution in [3.8, 4) is 0 Å². The molecule has 0 unspecified atom stereocenters. The molecule has 118 valence electrons. The molecule has 1 aliphatic heterocycles. The number of carbonyl (C=O) groups is 3. The average molecular weight is 311 g/mol. The van der Waals surface area contributed by atoms with Crippen molar-refractivity contribution in [1.82, 2.24) is 0 Å². The SMILES string of the molecule is COC(=O)c1ccccc1N1C(=O)[C@@H]2[C@@H](C1=O)[C@@H]1C=C[C@@H]2CC1. The van der Waals surface area contributed by atoms with Crippen molar-refractivity contribution in [2.45, 2.75) is 12.8 Å². The highest BCUT2D eigenvalue weighted by Crippen LogP contribution is 2.50. The quantitative estimate of drug-likeness (QED) is 0.477. The first-order chi connectivity index (χ1) is 11.1. The first kappa shape index (κ1) is 14.2. The van der Waals surface area contributed by atoms with E-state index in [1.165, 1.54) is 12.0 Å². The number of hydrogen-bond donors (Lipinski definition) is 0. The summed E-state index contributed by atoms with van der Waals surface area (Å²) >= 11 is 0. The molecule has 0 radical (unpaired) electrons. The maximum absolute atomic E-state index is 12.9. The highest BCUT2D eigenvalue weighted by atomic mass is 16.5. The Kier molecular flexibility index (Phi) is 3.11. The van der Waals surface area contributed by atoms with Gasteiger partial charge in [0.1, 0.15) is 0 Å². The van der Waals surface area contributed by atoms with Crippen LogP contribution in [0.5, 0.6) is 0 Å². The maximum Gasteiger partial charge on any atom is 0.339 e. The van der Waals surface area contributed by atoms with E-state index in [2.05, 4.69) is 12.2 Å². The summed E-state index contributed by atoms with van der Waals surface area (Å²) in [5.41, 5.74) is 0.582. The largest absolute Gasteiger partial charge is 0.465 e. The number of para-hydroxylation sites is 1. The van der Waals surface area contributed by atoms with Crippen LogP contribution in [0.25, 0.3) is 0 Å². The highest BCUT2D eigenvalue weighted by Gasteiger charge is 2.57. The molecule has 1 saturated heterocycles. The Morgan fingerprint density at radius 1 is 1.04 bits per heavy atom. The summed E-state index contributed by atoms with van der Waals surface area (Å²) in [6.07, 6.45) is 6.06. The zero-order chi connectivity index (χ0) is 16.1. The van der Waals surface area contributed by atoms with E-state index in [4.69, 9.17) is 4.74 Å². The number of benzene rings is 1. The van der Waals surface area contributed by atoms with Gasteiger partial charge in [-0.25, -0.2) is 9.69 Å². The number of anilines is 1. The van der Waals surface area contributed by atoms with Gasteiger partial charge in [0.05, 0.1) is 30.2 Å². The Morgan fingerprint density at radius 3 is 2.13 bits per heavy atom. The number of ether oxygens (including phenoxy) is 1. The molecule has 4 aliphatic rings. The minimum Gasteiger partial charge on any atom is -0.465 e. The zero-order valence-corrected chi connectivity index (χ0v) is 12.8. The number of methoxy groups -OCH3 is 1. The Labute approximate surface area is 133 Å². The molecule has 0 spiro atoms. The lowest BCUT2D eigenvalue weighted by atomic mass is 9.63. The topological polar surface area (TPSA) is 63.7 Å². The fourth-order valence-electron chi connectivity index (χ4n) is 4.26. The van der Waals surface area contributed by atoms with Crippen molar-refractivity contribution in [3.05, 3.63) is 42.0 Å². The average Bonchev–Trinajstić information content (AvgIpc) is 2.88. The Bertz CT molecular complexity index is 706. The zero-order valence-electron chi connectivity index (χ0n) is 12.8. The molecule has 2 fully saturated rings. The molecule has 3 aliphatic carbocycles. The van der Waals surface area contributed by atoms with Gasteiger partial charge in [-0.1, -0.05) is 24.3 Å². The molecule has 23 heavy (non-hydrogen) atoms. The van der Waals surface area contributed by atoms with Crippen molar-refractivity contribution in [1.29, 1.82) is 0 Å². The molecule has 2 bridgehead atoms. The van der Waals surface area contributed by atoms with E-state index < -0.39 is 5.97 Å². The summed E-state index contributed by atoms with van der Waals surface area (Å²) < 4.78 is 4.78. The number of rotatable bonds is 2. The van der Waals surface area contributed by atoms with Crippen LogP contribution >= 0.6 is 0 Å². The summed E-state index contributed by atoms with van der Waals surface area (Å²) in [5.74, 6) is -1.20. The van der Waals surface area contributed by atoms with E-state index in [0.29, 0.717) is 5.69 Å². The Hall–Kier alpha value is -2.43. The van der Waals surface area contributed by atoms with E-state index in [-0.39, 0.29) is 41.0 Å². The lowest BCUT2D eigenvalue weighted by Gasteiger charge is -2.38. The van der Waals surface area contributed by atoms with Crippen LogP contribution in [0.4, 0.5) is 5.69 Å². The summed E-state index contributed by atoms with van der Waals surface area (Å²) in [4.78, 5) is 39.0. The molecule has 5 nitrogen and oxygen atoms in total.